The van der Waals surface area contributed by atoms with Crippen molar-refractivity contribution in [3.8, 4) is 22.3 Å². The SMILES string of the molecule is c1ccc2c(c1)Cc1cc3c(cc1-2)Cc1cc2c4c(c1-3)Cc1ccccc1N4c1ccccc1C2. The van der Waals surface area contributed by atoms with E-state index in [4.69, 9.17) is 0 Å². The second-order valence-electron chi connectivity index (χ2n) is 10.5. The van der Waals surface area contributed by atoms with Crippen molar-refractivity contribution in [3.63, 3.8) is 0 Å². The zero-order chi connectivity index (χ0) is 22.7. The molecule has 4 aliphatic rings. The number of hydrogen-bond donors (Lipinski definition) is 0. The summed E-state index contributed by atoms with van der Waals surface area (Å²) < 4.78 is 0. The molecule has 0 N–H and O–H groups in total. The molecule has 5 aromatic rings. The number of rotatable bonds is 0. The van der Waals surface area contributed by atoms with Crippen LogP contribution in [-0.4, -0.2) is 0 Å². The van der Waals surface area contributed by atoms with E-state index in [0.29, 0.717) is 0 Å². The molecule has 2 aliphatic heterocycles. The molecule has 0 amide bonds. The van der Waals surface area contributed by atoms with Gasteiger partial charge in [-0.25, -0.2) is 0 Å². The van der Waals surface area contributed by atoms with Gasteiger partial charge in [0.1, 0.15) is 0 Å². The van der Waals surface area contributed by atoms with Crippen molar-refractivity contribution in [2.75, 3.05) is 4.90 Å². The number of hydrogen-bond acceptors (Lipinski definition) is 1. The molecule has 0 fully saturated rings. The molecule has 9 rings (SSSR count). The maximum atomic E-state index is 2.56. The van der Waals surface area contributed by atoms with E-state index < -0.39 is 0 Å². The molecule has 0 atom stereocenters. The summed E-state index contributed by atoms with van der Waals surface area (Å²) in [6.07, 6.45) is 4.13. The second-order valence-corrected chi connectivity index (χ2v) is 10.5. The summed E-state index contributed by atoms with van der Waals surface area (Å²) in [5.74, 6) is 0. The predicted molar refractivity (Wildman–Crippen MR) is 143 cm³/mol. The summed E-state index contributed by atoms with van der Waals surface area (Å²) >= 11 is 0. The minimum absolute atomic E-state index is 1.01. The monoisotopic (exact) mass is 445 g/mol. The topological polar surface area (TPSA) is 3.24 Å². The standard InChI is InChI=1S/C34H23N/c1-4-10-27-20(7-1)13-23-19-29-24(18-28(23)27)15-25-16-26-14-21-8-2-5-11-31(21)35-32-12-6-3-9-22(32)17-30(33(25)29)34(26)35/h1-12,16,18-19H,13-15,17H2. The molecular weight excluding hydrogens is 422 g/mol. The Morgan fingerprint density at radius 2 is 1.03 bits per heavy atom. The van der Waals surface area contributed by atoms with Crippen molar-refractivity contribution in [1.29, 1.82) is 0 Å². The van der Waals surface area contributed by atoms with Crippen LogP contribution in [0.1, 0.15) is 44.5 Å². The van der Waals surface area contributed by atoms with Crippen molar-refractivity contribution < 1.29 is 0 Å². The van der Waals surface area contributed by atoms with Gasteiger partial charge < -0.3 is 4.90 Å². The molecule has 0 spiro atoms. The third-order valence-corrected chi connectivity index (χ3v) is 8.67. The summed E-state index contributed by atoms with van der Waals surface area (Å²) in [6, 6.07) is 34.5. The van der Waals surface area contributed by atoms with Crippen molar-refractivity contribution >= 4 is 17.1 Å². The summed E-state index contributed by atoms with van der Waals surface area (Å²) in [5, 5.41) is 0. The molecule has 0 saturated carbocycles. The Labute approximate surface area is 205 Å². The number of anilines is 3. The third-order valence-electron chi connectivity index (χ3n) is 8.67. The van der Waals surface area contributed by atoms with E-state index in [9.17, 15) is 0 Å². The van der Waals surface area contributed by atoms with E-state index in [-0.39, 0.29) is 0 Å². The van der Waals surface area contributed by atoms with Gasteiger partial charge in [-0.3, -0.25) is 0 Å². The van der Waals surface area contributed by atoms with Gasteiger partial charge in [-0.2, -0.15) is 0 Å². The van der Waals surface area contributed by atoms with Gasteiger partial charge in [-0.15, -0.1) is 0 Å². The number of para-hydroxylation sites is 2. The Bertz CT molecular complexity index is 1740. The van der Waals surface area contributed by atoms with E-state index in [1.165, 1.54) is 83.8 Å². The molecule has 0 saturated heterocycles. The van der Waals surface area contributed by atoms with Crippen LogP contribution in [0.3, 0.4) is 0 Å². The van der Waals surface area contributed by atoms with Crippen LogP contribution in [0.15, 0.2) is 91.0 Å². The average Bonchev–Trinajstić information content (AvgIpc) is 3.44. The molecule has 2 aliphatic carbocycles. The quantitative estimate of drug-likeness (QED) is 0.228. The fraction of sp³-hybridized carbons (Fsp3) is 0.118. The van der Waals surface area contributed by atoms with E-state index in [0.717, 1.165) is 25.7 Å². The van der Waals surface area contributed by atoms with E-state index in [2.05, 4.69) is 95.9 Å². The first-order valence-corrected chi connectivity index (χ1v) is 12.7. The first kappa shape index (κ1) is 18.3. The molecule has 1 heteroatoms. The largest absolute Gasteiger partial charge is 0.309 e. The van der Waals surface area contributed by atoms with Crippen LogP contribution in [0.25, 0.3) is 22.3 Å². The molecular formula is C34H23N. The number of fused-ring (bicyclic) bond motifs is 11. The number of nitrogens with zero attached hydrogens (tertiary/aromatic N) is 1. The minimum atomic E-state index is 1.01. The van der Waals surface area contributed by atoms with Crippen molar-refractivity contribution in [3.05, 3.63) is 136 Å². The maximum Gasteiger partial charge on any atom is 0.0539 e. The fourth-order valence-electron chi connectivity index (χ4n) is 7.25. The lowest BCUT2D eigenvalue weighted by molar-refractivity contribution is 1.01. The Balaban J connectivity index is 1.31. The highest BCUT2D eigenvalue weighted by atomic mass is 15.2. The van der Waals surface area contributed by atoms with E-state index in [1.807, 2.05) is 0 Å². The summed E-state index contributed by atoms with van der Waals surface area (Å²) in [5.41, 5.74) is 21.8. The average molecular weight is 446 g/mol. The maximum absolute atomic E-state index is 2.56. The van der Waals surface area contributed by atoms with E-state index >= 15 is 0 Å². The molecule has 0 unspecified atom stereocenters. The lowest BCUT2D eigenvalue weighted by Crippen LogP contribution is -2.25. The van der Waals surface area contributed by atoms with Crippen LogP contribution >= 0.6 is 0 Å². The Kier molecular flexibility index (Phi) is 3.29. The highest BCUT2D eigenvalue weighted by Gasteiger charge is 2.36. The van der Waals surface area contributed by atoms with Crippen LogP contribution in [0.5, 0.6) is 0 Å². The number of benzene rings is 5. The van der Waals surface area contributed by atoms with Gasteiger partial charge in [0.15, 0.2) is 0 Å². The van der Waals surface area contributed by atoms with E-state index in [1.54, 1.807) is 0 Å². The zero-order valence-electron chi connectivity index (χ0n) is 19.4. The summed E-state index contributed by atoms with van der Waals surface area (Å²) in [4.78, 5) is 2.56. The van der Waals surface area contributed by atoms with Crippen LogP contribution in [0, 0.1) is 0 Å². The highest BCUT2D eigenvalue weighted by Crippen LogP contribution is 2.56. The fourth-order valence-corrected chi connectivity index (χ4v) is 7.25. The van der Waals surface area contributed by atoms with Crippen LogP contribution in [-0.2, 0) is 25.7 Å². The van der Waals surface area contributed by atoms with Gasteiger partial charge in [-0.1, -0.05) is 66.7 Å². The highest BCUT2D eigenvalue weighted by molar-refractivity contribution is 5.96. The molecule has 2 heterocycles. The molecule has 35 heavy (non-hydrogen) atoms. The minimum Gasteiger partial charge on any atom is -0.309 e. The molecule has 0 radical (unpaired) electrons. The lowest BCUT2D eigenvalue weighted by Gasteiger charge is -2.40. The van der Waals surface area contributed by atoms with Gasteiger partial charge in [0.05, 0.1) is 5.69 Å². The van der Waals surface area contributed by atoms with Crippen molar-refractivity contribution in [1.82, 2.24) is 0 Å². The molecule has 0 bridgehead atoms. The molecule has 5 aromatic carbocycles. The van der Waals surface area contributed by atoms with Gasteiger partial charge >= 0.3 is 0 Å². The lowest BCUT2D eigenvalue weighted by atomic mass is 9.82. The third kappa shape index (κ3) is 2.29. The van der Waals surface area contributed by atoms with Gasteiger partial charge in [0.2, 0.25) is 0 Å². The second kappa shape index (κ2) is 6.31. The molecule has 1 nitrogen and oxygen atoms in total. The van der Waals surface area contributed by atoms with Crippen molar-refractivity contribution in [2.24, 2.45) is 0 Å². The first-order chi connectivity index (χ1) is 17.3. The van der Waals surface area contributed by atoms with Gasteiger partial charge in [0, 0.05) is 24.2 Å². The first-order valence-electron chi connectivity index (χ1n) is 12.7. The van der Waals surface area contributed by atoms with Gasteiger partial charge in [0.25, 0.3) is 0 Å². The zero-order valence-corrected chi connectivity index (χ0v) is 19.4. The normalized spacial score (nSPS) is 14.9. The Morgan fingerprint density at radius 1 is 0.429 bits per heavy atom. The van der Waals surface area contributed by atoms with Crippen LogP contribution in [0.2, 0.25) is 0 Å². The van der Waals surface area contributed by atoms with Crippen LogP contribution in [0.4, 0.5) is 17.1 Å². The molecule has 164 valence electrons. The Hall–Kier alpha value is -4.10. The molecule has 0 aromatic heterocycles. The Morgan fingerprint density at radius 3 is 1.86 bits per heavy atom. The van der Waals surface area contributed by atoms with Crippen molar-refractivity contribution in [2.45, 2.75) is 25.7 Å². The summed E-state index contributed by atoms with van der Waals surface area (Å²) in [7, 11) is 0. The van der Waals surface area contributed by atoms with Gasteiger partial charge in [-0.05, 0) is 104 Å². The predicted octanol–water partition coefficient (Wildman–Crippen LogP) is 8.11. The summed E-state index contributed by atoms with van der Waals surface area (Å²) in [6.45, 7) is 0. The van der Waals surface area contributed by atoms with Crippen LogP contribution < -0.4 is 4.90 Å². The smallest absolute Gasteiger partial charge is 0.0539 e.